The van der Waals surface area contributed by atoms with Gasteiger partial charge in [-0.3, -0.25) is 10.1 Å². The fraction of sp³-hybridized carbons (Fsp3) is 0.118. The quantitative estimate of drug-likeness (QED) is 0.615. The Morgan fingerprint density at radius 1 is 1.12 bits per heavy atom. The van der Waals surface area contributed by atoms with Gasteiger partial charge in [-0.15, -0.1) is 0 Å². The smallest absolute Gasteiger partial charge is 0.337 e. The molecule has 2 rings (SSSR count). The van der Waals surface area contributed by atoms with E-state index in [0.29, 0.717) is 22.0 Å². The average Bonchev–Trinajstić information content (AvgIpc) is 2.61. The Kier molecular flexibility index (Phi) is 6.73. The van der Waals surface area contributed by atoms with Gasteiger partial charge >= 0.3 is 5.97 Å². The van der Waals surface area contributed by atoms with Gasteiger partial charge in [0.15, 0.2) is 11.7 Å². The number of benzene rings is 2. The molecule has 0 aliphatic carbocycles. The maximum atomic E-state index is 11.8. The van der Waals surface area contributed by atoms with Crippen LogP contribution in [0.5, 0.6) is 5.75 Å². The van der Waals surface area contributed by atoms with Crippen molar-refractivity contribution in [3.63, 3.8) is 0 Å². The molecule has 0 radical (unpaired) electrons. The standard InChI is InChI=1S/C17H15ClN2O4S/c1-23-16(22)11-6-8-12(9-7-11)19-17(25)20-15(21)10-24-14-5-3-2-4-13(14)18/h2-9H,10H2,1H3,(H2,19,20,21,25). The van der Waals surface area contributed by atoms with Crippen LogP contribution in [0.2, 0.25) is 5.02 Å². The predicted octanol–water partition coefficient (Wildman–Crippen LogP) is 3.02. The highest BCUT2D eigenvalue weighted by Gasteiger charge is 2.09. The summed E-state index contributed by atoms with van der Waals surface area (Å²) in [5, 5.41) is 5.85. The molecule has 0 bridgehead atoms. The van der Waals surface area contributed by atoms with Crippen molar-refractivity contribution in [1.82, 2.24) is 5.32 Å². The molecule has 0 fully saturated rings. The number of amides is 1. The number of hydrogen-bond donors (Lipinski definition) is 2. The average molecular weight is 379 g/mol. The van der Waals surface area contributed by atoms with E-state index in [1.54, 1.807) is 48.5 Å². The van der Waals surface area contributed by atoms with Gasteiger partial charge in [0.05, 0.1) is 17.7 Å². The van der Waals surface area contributed by atoms with E-state index in [2.05, 4.69) is 15.4 Å². The largest absolute Gasteiger partial charge is 0.482 e. The number of methoxy groups -OCH3 is 1. The summed E-state index contributed by atoms with van der Waals surface area (Å²) in [4.78, 5) is 23.2. The van der Waals surface area contributed by atoms with Gasteiger partial charge in [-0.2, -0.15) is 0 Å². The first-order valence-corrected chi connectivity index (χ1v) is 7.95. The van der Waals surface area contributed by atoms with E-state index in [-0.39, 0.29) is 11.7 Å². The van der Waals surface area contributed by atoms with Crippen molar-refractivity contribution in [1.29, 1.82) is 0 Å². The minimum Gasteiger partial charge on any atom is -0.482 e. The van der Waals surface area contributed by atoms with Crippen LogP contribution in [0.25, 0.3) is 0 Å². The SMILES string of the molecule is COC(=O)c1ccc(NC(=S)NC(=O)COc2ccccc2Cl)cc1. The summed E-state index contributed by atoms with van der Waals surface area (Å²) in [7, 11) is 1.31. The number of halogens is 1. The number of thiocarbonyl (C=S) groups is 1. The zero-order valence-corrected chi connectivity index (χ0v) is 14.8. The number of rotatable bonds is 5. The minimum absolute atomic E-state index is 0.110. The maximum absolute atomic E-state index is 11.8. The first kappa shape index (κ1) is 18.7. The van der Waals surface area contributed by atoms with Crippen LogP contribution in [-0.2, 0) is 9.53 Å². The van der Waals surface area contributed by atoms with Crippen LogP contribution in [0.15, 0.2) is 48.5 Å². The van der Waals surface area contributed by atoms with E-state index in [1.165, 1.54) is 7.11 Å². The van der Waals surface area contributed by atoms with E-state index in [9.17, 15) is 9.59 Å². The summed E-state index contributed by atoms with van der Waals surface area (Å²) >= 11 is 11.0. The Labute approximate surface area is 155 Å². The van der Waals surface area contributed by atoms with Crippen LogP contribution >= 0.6 is 23.8 Å². The van der Waals surface area contributed by atoms with Crippen LogP contribution < -0.4 is 15.4 Å². The lowest BCUT2D eigenvalue weighted by molar-refractivity contribution is -0.121. The van der Waals surface area contributed by atoms with Crippen molar-refractivity contribution in [2.45, 2.75) is 0 Å². The highest BCUT2D eigenvalue weighted by molar-refractivity contribution is 7.80. The molecule has 2 N–H and O–H groups in total. The molecule has 130 valence electrons. The topological polar surface area (TPSA) is 76.7 Å². The molecule has 1 amide bonds. The number of esters is 1. The lowest BCUT2D eigenvalue weighted by Gasteiger charge is -2.11. The predicted molar refractivity (Wildman–Crippen MR) is 99.1 cm³/mol. The second-order valence-corrected chi connectivity index (χ2v) is 5.61. The number of carbonyl (C=O) groups is 2. The van der Waals surface area contributed by atoms with Crippen LogP contribution in [0.3, 0.4) is 0 Å². The van der Waals surface area contributed by atoms with E-state index in [1.807, 2.05) is 0 Å². The molecule has 8 heteroatoms. The number of hydrogen-bond acceptors (Lipinski definition) is 5. The summed E-state index contributed by atoms with van der Waals surface area (Å²) in [5.41, 5.74) is 1.03. The molecule has 0 aromatic heterocycles. The van der Waals surface area contributed by atoms with Crippen molar-refractivity contribution in [2.75, 3.05) is 19.0 Å². The van der Waals surface area contributed by atoms with E-state index >= 15 is 0 Å². The molecular formula is C17H15ClN2O4S. The number of nitrogens with one attached hydrogen (secondary N) is 2. The fourth-order valence-electron chi connectivity index (χ4n) is 1.84. The second kappa shape index (κ2) is 9.00. The molecule has 0 heterocycles. The Balaban J connectivity index is 1.82. The lowest BCUT2D eigenvalue weighted by atomic mass is 10.2. The van der Waals surface area contributed by atoms with Crippen LogP contribution in [0.4, 0.5) is 5.69 Å². The molecule has 2 aromatic rings. The van der Waals surface area contributed by atoms with Gasteiger partial charge in [0.1, 0.15) is 5.75 Å². The van der Waals surface area contributed by atoms with Crippen molar-refractivity contribution in [3.8, 4) is 5.75 Å². The van der Waals surface area contributed by atoms with Gasteiger partial charge in [-0.05, 0) is 48.6 Å². The van der Waals surface area contributed by atoms with Gasteiger partial charge < -0.3 is 14.8 Å². The van der Waals surface area contributed by atoms with Crippen LogP contribution in [0, 0.1) is 0 Å². The fourth-order valence-corrected chi connectivity index (χ4v) is 2.26. The van der Waals surface area contributed by atoms with Crippen molar-refractivity contribution in [3.05, 3.63) is 59.1 Å². The van der Waals surface area contributed by atoms with Gasteiger partial charge in [-0.1, -0.05) is 23.7 Å². The summed E-state index contributed by atoms with van der Waals surface area (Å²) in [6, 6.07) is 13.3. The van der Waals surface area contributed by atoms with Crippen LogP contribution in [0.1, 0.15) is 10.4 Å². The van der Waals surface area contributed by atoms with E-state index in [0.717, 1.165) is 0 Å². The number of anilines is 1. The third kappa shape index (κ3) is 5.74. The molecule has 25 heavy (non-hydrogen) atoms. The molecular weight excluding hydrogens is 364 g/mol. The maximum Gasteiger partial charge on any atom is 0.337 e. The Morgan fingerprint density at radius 3 is 2.44 bits per heavy atom. The monoisotopic (exact) mass is 378 g/mol. The van der Waals surface area contributed by atoms with Crippen molar-refractivity contribution in [2.24, 2.45) is 0 Å². The summed E-state index contributed by atoms with van der Waals surface area (Å²) in [5.74, 6) is -0.445. The Morgan fingerprint density at radius 2 is 1.80 bits per heavy atom. The summed E-state index contributed by atoms with van der Waals surface area (Å²) in [6.45, 7) is -0.229. The lowest BCUT2D eigenvalue weighted by Crippen LogP contribution is -2.37. The molecule has 6 nitrogen and oxygen atoms in total. The van der Waals surface area contributed by atoms with Gasteiger partial charge in [-0.25, -0.2) is 4.79 Å². The summed E-state index contributed by atoms with van der Waals surface area (Å²) in [6.07, 6.45) is 0. The molecule has 0 saturated carbocycles. The molecule has 0 saturated heterocycles. The molecule has 0 unspecified atom stereocenters. The summed E-state index contributed by atoms with van der Waals surface area (Å²) < 4.78 is 9.94. The Hall–Kier alpha value is -2.64. The minimum atomic E-state index is -0.431. The first-order chi connectivity index (χ1) is 12.0. The van der Waals surface area contributed by atoms with Gasteiger partial charge in [0.25, 0.3) is 5.91 Å². The van der Waals surface area contributed by atoms with E-state index < -0.39 is 11.9 Å². The zero-order chi connectivity index (χ0) is 18.2. The second-order valence-electron chi connectivity index (χ2n) is 4.79. The molecule has 2 aromatic carbocycles. The van der Waals surface area contributed by atoms with Gasteiger partial charge in [0.2, 0.25) is 0 Å². The van der Waals surface area contributed by atoms with E-state index in [4.69, 9.17) is 28.6 Å². The Bertz CT molecular complexity index is 780. The first-order valence-electron chi connectivity index (χ1n) is 7.16. The molecule has 0 aliphatic rings. The third-order valence-electron chi connectivity index (χ3n) is 3.01. The number of ether oxygens (including phenoxy) is 2. The van der Waals surface area contributed by atoms with Crippen LogP contribution in [-0.4, -0.2) is 30.7 Å². The normalized spacial score (nSPS) is 9.84. The third-order valence-corrected chi connectivity index (χ3v) is 3.53. The number of carbonyl (C=O) groups excluding carboxylic acids is 2. The number of para-hydroxylation sites is 1. The van der Waals surface area contributed by atoms with Crippen molar-refractivity contribution < 1.29 is 19.1 Å². The van der Waals surface area contributed by atoms with Gasteiger partial charge in [0, 0.05) is 5.69 Å². The highest BCUT2D eigenvalue weighted by atomic mass is 35.5. The molecule has 0 atom stereocenters. The molecule has 0 spiro atoms. The molecule has 0 aliphatic heterocycles. The van der Waals surface area contributed by atoms with Crippen molar-refractivity contribution >= 4 is 46.5 Å². The highest BCUT2D eigenvalue weighted by Crippen LogP contribution is 2.22. The zero-order valence-electron chi connectivity index (χ0n) is 13.2.